The maximum absolute atomic E-state index is 12.4. The van der Waals surface area contributed by atoms with Gasteiger partial charge in [-0.25, -0.2) is 0 Å². The van der Waals surface area contributed by atoms with Crippen LogP contribution in [0.1, 0.15) is 112 Å². The Bertz CT molecular complexity index is 1330. The minimum atomic E-state index is -1.28. The maximum atomic E-state index is 12.4. The summed E-state index contributed by atoms with van der Waals surface area (Å²) >= 11 is 0. The van der Waals surface area contributed by atoms with E-state index in [0.29, 0.717) is 24.9 Å². The molecule has 2 heterocycles. The minimum Gasteiger partial charge on any atom is -0.492 e. The number of rotatable bonds is 8. The van der Waals surface area contributed by atoms with E-state index in [2.05, 4.69) is 34.6 Å². The van der Waals surface area contributed by atoms with Crippen LogP contribution in [-0.4, -0.2) is 92.2 Å². The molecule has 5 aliphatic carbocycles. The van der Waals surface area contributed by atoms with Crippen LogP contribution in [0.15, 0.2) is 11.3 Å². The molecule has 7 aliphatic rings. The molecule has 1 saturated heterocycles. The Hall–Kier alpha value is -1.27. The molecule has 1 unspecified atom stereocenters. The SMILES string of the molecule is C[C@@H]1C[C@H](CC(C)(O)CCC(=O)O)OC2=C1[C@@]1(C)CC[C@@]34C[C@@]35CC[C@H](CO[C@@H]3OC[C@@H](O)[C@H](O)[C@H]3O)C(C)(C)[C@@H]5CC[C@H]4[C@]1(C)[C@H]2O. The number of ether oxygens (including phenoxy) is 3. The van der Waals surface area contributed by atoms with Crippen molar-refractivity contribution in [1.29, 1.82) is 0 Å². The number of fused-ring (bicyclic) bond motifs is 3. The van der Waals surface area contributed by atoms with Crippen molar-refractivity contribution in [1.82, 2.24) is 0 Å². The van der Waals surface area contributed by atoms with Crippen LogP contribution in [0.25, 0.3) is 0 Å². The van der Waals surface area contributed by atoms with E-state index in [1.165, 1.54) is 12.0 Å². The highest BCUT2D eigenvalue weighted by Gasteiger charge is 2.83. The van der Waals surface area contributed by atoms with Gasteiger partial charge in [-0.3, -0.25) is 4.79 Å². The number of carbonyl (C=O) groups is 1. The summed E-state index contributed by atoms with van der Waals surface area (Å²) in [5, 5.41) is 63.1. The van der Waals surface area contributed by atoms with Crippen molar-refractivity contribution in [3.63, 3.8) is 0 Å². The third-order valence-corrected chi connectivity index (χ3v) is 16.0. The highest BCUT2D eigenvalue weighted by atomic mass is 16.7. The molecule has 10 nitrogen and oxygen atoms in total. The molecule has 48 heavy (non-hydrogen) atoms. The van der Waals surface area contributed by atoms with Crippen LogP contribution < -0.4 is 0 Å². The molecule has 5 fully saturated rings. The summed E-state index contributed by atoms with van der Waals surface area (Å²) in [5.74, 6) is 1.19. The number of aliphatic hydroxyl groups excluding tert-OH is 4. The fourth-order valence-electron chi connectivity index (χ4n) is 13.3. The summed E-state index contributed by atoms with van der Waals surface area (Å²) in [6.45, 7) is 13.8. The Morgan fingerprint density at radius 3 is 2.38 bits per heavy atom. The zero-order chi connectivity index (χ0) is 34.8. The molecule has 0 radical (unpaired) electrons. The number of hydrogen-bond donors (Lipinski definition) is 6. The van der Waals surface area contributed by atoms with Gasteiger partial charge >= 0.3 is 5.97 Å². The van der Waals surface area contributed by atoms with E-state index in [-0.39, 0.29) is 64.5 Å². The number of hydrogen-bond acceptors (Lipinski definition) is 9. The molecule has 272 valence electrons. The molecular formula is C38H60O10. The van der Waals surface area contributed by atoms with Gasteiger partial charge in [0.15, 0.2) is 6.29 Å². The smallest absolute Gasteiger partial charge is 0.303 e. The number of aliphatic carboxylic acids is 1. The first-order chi connectivity index (χ1) is 22.3. The number of carboxylic acids is 1. The highest BCUT2D eigenvalue weighted by Crippen LogP contribution is 2.89. The summed E-state index contributed by atoms with van der Waals surface area (Å²) in [4.78, 5) is 11.2. The number of carboxylic acid groups (broad SMARTS) is 1. The number of allylic oxidation sites excluding steroid dienone is 1. The summed E-state index contributed by atoms with van der Waals surface area (Å²) < 4.78 is 18.3. The van der Waals surface area contributed by atoms with Crippen LogP contribution >= 0.6 is 0 Å². The van der Waals surface area contributed by atoms with Gasteiger partial charge in [0.05, 0.1) is 18.8 Å². The van der Waals surface area contributed by atoms with Crippen molar-refractivity contribution >= 4 is 5.97 Å². The monoisotopic (exact) mass is 676 g/mol. The molecule has 6 N–H and O–H groups in total. The standard InChI is InChI=1S/C38H60O10/c1-20-15-22(16-34(4,45)11-10-26(40)41)48-30-27(20)35(5)13-14-38-19-37(38)12-9-21(17-46-32-29(43)28(42)23(39)18-47-32)33(2,3)24(37)7-8-25(38)36(35,6)31(30)44/h20-25,28-29,31-32,39,42-45H,7-19H2,1-6H3,(H,40,41)/t20-,21-,22-,23-,24+,25+,28+,29-,31+,32-,34?,35-,36-,37-,38+/m1/s1. The van der Waals surface area contributed by atoms with Crippen LogP contribution in [0.5, 0.6) is 0 Å². The zero-order valence-corrected chi connectivity index (χ0v) is 29.8. The lowest BCUT2D eigenvalue weighted by molar-refractivity contribution is -0.277. The normalized spacial score (nSPS) is 51.7. The van der Waals surface area contributed by atoms with Gasteiger partial charge in [-0.15, -0.1) is 0 Å². The third kappa shape index (κ3) is 4.78. The van der Waals surface area contributed by atoms with Crippen LogP contribution in [-0.2, 0) is 19.0 Å². The van der Waals surface area contributed by atoms with E-state index in [1.54, 1.807) is 6.92 Å². The van der Waals surface area contributed by atoms with Crippen molar-refractivity contribution in [3.8, 4) is 0 Å². The lowest BCUT2D eigenvalue weighted by Gasteiger charge is -2.63. The van der Waals surface area contributed by atoms with Crippen molar-refractivity contribution in [2.75, 3.05) is 13.2 Å². The molecule has 0 aromatic heterocycles. The van der Waals surface area contributed by atoms with Gasteiger partial charge in [0, 0.05) is 23.7 Å². The van der Waals surface area contributed by atoms with Gasteiger partial charge in [-0.05, 0) is 110 Å². The fraction of sp³-hybridized carbons (Fsp3) is 0.921. The fourth-order valence-corrected chi connectivity index (χ4v) is 13.3. The Balaban J connectivity index is 1.08. The molecule has 4 saturated carbocycles. The molecule has 2 aliphatic heterocycles. The van der Waals surface area contributed by atoms with Crippen molar-refractivity contribution in [2.24, 2.45) is 50.7 Å². The second kappa shape index (κ2) is 11.4. The molecule has 7 rings (SSSR count). The predicted molar refractivity (Wildman–Crippen MR) is 175 cm³/mol. The second-order valence-electron chi connectivity index (χ2n) is 18.6. The summed E-state index contributed by atoms with van der Waals surface area (Å²) in [7, 11) is 0. The predicted octanol–water partition coefficient (Wildman–Crippen LogP) is 4.15. The Morgan fingerprint density at radius 2 is 1.67 bits per heavy atom. The molecular weight excluding hydrogens is 616 g/mol. The zero-order valence-electron chi connectivity index (χ0n) is 29.8. The van der Waals surface area contributed by atoms with Crippen molar-refractivity contribution in [2.45, 2.75) is 155 Å². The molecule has 0 aromatic carbocycles. The quantitative estimate of drug-likeness (QED) is 0.220. The van der Waals surface area contributed by atoms with E-state index >= 15 is 0 Å². The van der Waals surface area contributed by atoms with E-state index in [1.807, 2.05) is 0 Å². The van der Waals surface area contributed by atoms with Gasteiger partial charge in [-0.2, -0.15) is 0 Å². The average molecular weight is 677 g/mol. The van der Waals surface area contributed by atoms with Gasteiger partial charge in [-0.1, -0.05) is 34.6 Å². The van der Waals surface area contributed by atoms with Crippen LogP contribution in [0.3, 0.4) is 0 Å². The van der Waals surface area contributed by atoms with Crippen molar-refractivity contribution < 1.29 is 49.6 Å². The van der Waals surface area contributed by atoms with Gasteiger partial charge in [0.1, 0.15) is 36.3 Å². The van der Waals surface area contributed by atoms with E-state index in [4.69, 9.17) is 14.2 Å². The summed E-state index contributed by atoms with van der Waals surface area (Å²) in [5.41, 5.74) is 0.0128. The molecule has 2 spiro atoms. The molecule has 0 bridgehead atoms. The Kier molecular flexibility index (Phi) is 8.32. The Morgan fingerprint density at radius 1 is 0.979 bits per heavy atom. The first-order valence-electron chi connectivity index (χ1n) is 18.7. The number of aliphatic hydroxyl groups is 5. The minimum absolute atomic E-state index is 0.000332. The largest absolute Gasteiger partial charge is 0.492 e. The van der Waals surface area contributed by atoms with Crippen LogP contribution in [0.2, 0.25) is 0 Å². The maximum Gasteiger partial charge on any atom is 0.303 e. The van der Waals surface area contributed by atoms with E-state index < -0.39 is 42.3 Å². The molecule has 0 aromatic rings. The lowest BCUT2D eigenvalue weighted by atomic mass is 9.41. The first kappa shape index (κ1) is 35.1. The van der Waals surface area contributed by atoms with Crippen LogP contribution in [0.4, 0.5) is 0 Å². The second-order valence-corrected chi connectivity index (χ2v) is 18.6. The third-order valence-electron chi connectivity index (χ3n) is 16.0. The van der Waals surface area contributed by atoms with E-state index in [0.717, 1.165) is 50.7 Å². The first-order valence-corrected chi connectivity index (χ1v) is 18.7. The van der Waals surface area contributed by atoms with Gasteiger partial charge in [0.2, 0.25) is 0 Å². The highest BCUT2D eigenvalue weighted by molar-refractivity contribution is 5.66. The van der Waals surface area contributed by atoms with Crippen LogP contribution in [0, 0.1) is 50.7 Å². The summed E-state index contributed by atoms with van der Waals surface area (Å²) in [6.07, 6.45) is 3.24. The molecule has 15 atom stereocenters. The molecule has 0 amide bonds. The Labute approximate surface area is 285 Å². The topological polar surface area (TPSA) is 166 Å². The summed E-state index contributed by atoms with van der Waals surface area (Å²) in [6, 6.07) is 0. The molecule has 10 heteroatoms. The average Bonchev–Trinajstić information content (AvgIpc) is 3.64. The van der Waals surface area contributed by atoms with Gasteiger partial charge in [0.25, 0.3) is 0 Å². The van der Waals surface area contributed by atoms with E-state index in [9.17, 15) is 35.4 Å². The lowest BCUT2D eigenvalue weighted by Crippen LogP contribution is -2.59. The van der Waals surface area contributed by atoms with Gasteiger partial charge < -0.3 is 44.8 Å². The van der Waals surface area contributed by atoms with Crippen molar-refractivity contribution in [3.05, 3.63) is 11.3 Å².